The molecule has 0 saturated heterocycles. The van der Waals surface area contributed by atoms with Crippen LogP contribution in [0, 0.1) is 0 Å². The van der Waals surface area contributed by atoms with Gasteiger partial charge >= 0.3 is 41.7 Å². The van der Waals surface area contributed by atoms with Crippen molar-refractivity contribution in [2.24, 2.45) is 5.73 Å². The first kappa shape index (κ1) is 11.4. The van der Waals surface area contributed by atoms with Crippen molar-refractivity contribution in [1.82, 2.24) is 5.48 Å². The summed E-state index contributed by atoms with van der Waals surface area (Å²) < 4.78 is 0. The van der Waals surface area contributed by atoms with Gasteiger partial charge in [0.2, 0.25) is 0 Å². The van der Waals surface area contributed by atoms with Crippen LogP contribution >= 0.6 is 0 Å². The predicted molar refractivity (Wildman–Crippen MR) is 22.9 cm³/mol. The molecule has 48 valence electrons. The van der Waals surface area contributed by atoms with Crippen LogP contribution in [0.5, 0.6) is 0 Å². The van der Waals surface area contributed by atoms with Crippen LogP contribution in [-0.2, 0) is 4.84 Å². The molecular formula is C2H5N2NaO4. The van der Waals surface area contributed by atoms with E-state index < -0.39 is 12.2 Å². The van der Waals surface area contributed by atoms with E-state index >= 15 is 0 Å². The Morgan fingerprint density at radius 2 is 2.11 bits per heavy atom. The van der Waals surface area contributed by atoms with Crippen LogP contribution in [0.25, 0.3) is 0 Å². The number of nitrogens with one attached hydrogen (secondary N) is 1. The normalized spacial score (nSPS) is 6.67. The van der Waals surface area contributed by atoms with Crippen molar-refractivity contribution < 1.29 is 50.5 Å². The van der Waals surface area contributed by atoms with Gasteiger partial charge in [0.1, 0.15) is 0 Å². The summed E-state index contributed by atoms with van der Waals surface area (Å²) in [6.07, 6.45) is -1.61. The van der Waals surface area contributed by atoms with Gasteiger partial charge in [-0.1, -0.05) is 0 Å². The molecule has 0 radical (unpaired) electrons. The van der Waals surface area contributed by atoms with Gasteiger partial charge < -0.3 is 17.1 Å². The third kappa shape index (κ3) is 11.2. The van der Waals surface area contributed by atoms with Gasteiger partial charge in [0, 0.05) is 0 Å². The average Bonchev–Trinajstić information content (AvgIpc) is 1.61. The summed E-state index contributed by atoms with van der Waals surface area (Å²) in [5.41, 5.74) is 5.79. The number of carbonyl (C=O) groups excluding carboxylic acids is 1. The summed E-state index contributed by atoms with van der Waals surface area (Å²) in [5.74, 6) is 0. The molecule has 0 aromatic carbocycles. The minimum Gasteiger partial charge on any atom is -1.00 e. The van der Waals surface area contributed by atoms with Gasteiger partial charge in [-0.3, -0.25) is 0 Å². The van der Waals surface area contributed by atoms with E-state index in [0.29, 0.717) is 0 Å². The molecular weight excluding hydrogens is 139 g/mol. The first-order chi connectivity index (χ1) is 3.63. The second-order valence-corrected chi connectivity index (χ2v) is 0.834. The van der Waals surface area contributed by atoms with Gasteiger partial charge in [-0.15, -0.1) is 0 Å². The van der Waals surface area contributed by atoms with Gasteiger partial charge in [0.05, 0.1) is 0 Å². The summed E-state index contributed by atoms with van der Waals surface area (Å²) in [4.78, 5) is 22.5. The molecule has 0 bridgehead atoms. The Kier molecular flexibility index (Phi) is 7.15. The minimum absolute atomic E-state index is 0. The van der Waals surface area contributed by atoms with Crippen LogP contribution in [0.3, 0.4) is 0 Å². The topological polar surface area (TPSA) is 102 Å². The smallest absolute Gasteiger partial charge is 1.00 e. The zero-order valence-electron chi connectivity index (χ0n) is 5.75. The SMILES string of the molecule is NC(=O)NOC(=O)O.[H-].[Na+]. The summed E-state index contributed by atoms with van der Waals surface area (Å²) in [6, 6.07) is -1.05. The molecule has 0 aromatic heterocycles. The predicted octanol–water partition coefficient (Wildman–Crippen LogP) is -3.62. The monoisotopic (exact) mass is 144 g/mol. The largest absolute Gasteiger partial charge is 1.00 e. The molecule has 2 amide bonds. The zero-order chi connectivity index (χ0) is 6.57. The number of hydrogen-bond donors (Lipinski definition) is 3. The van der Waals surface area contributed by atoms with E-state index in [4.69, 9.17) is 5.11 Å². The number of rotatable bonds is 0. The van der Waals surface area contributed by atoms with E-state index in [9.17, 15) is 9.59 Å². The standard InChI is InChI=1S/C2H4N2O4.Na.H/c3-1(5)4-8-2(6)7;;/h(H,6,7)(H3,3,4,5);;/q;+1;-1. The molecule has 9 heavy (non-hydrogen) atoms. The fourth-order valence-electron chi connectivity index (χ4n) is 0.0940. The van der Waals surface area contributed by atoms with Crippen molar-refractivity contribution in [3.05, 3.63) is 0 Å². The van der Waals surface area contributed by atoms with Crippen LogP contribution in [-0.4, -0.2) is 17.3 Å². The molecule has 0 heterocycles. The summed E-state index contributed by atoms with van der Waals surface area (Å²) in [7, 11) is 0. The van der Waals surface area contributed by atoms with Crippen molar-refractivity contribution in [3.8, 4) is 0 Å². The molecule has 0 aliphatic rings. The number of hydroxylamine groups is 1. The first-order valence-corrected chi connectivity index (χ1v) is 1.58. The van der Waals surface area contributed by atoms with Crippen LogP contribution in [0.4, 0.5) is 9.59 Å². The molecule has 0 aliphatic carbocycles. The second kappa shape index (κ2) is 5.67. The van der Waals surface area contributed by atoms with Crippen molar-refractivity contribution >= 4 is 12.2 Å². The van der Waals surface area contributed by atoms with Gasteiger partial charge in [-0.25, -0.2) is 9.59 Å². The minimum atomic E-state index is -1.61. The van der Waals surface area contributed by atoms with Crippen LogP contribution in [0.2, 0.25) is 0 Å². The Balaban J connectivity index is -0.000000245. The Hall–Kier alpha value is -0.460. The third-order valence-corrected chi connectivity index (χ3v) is 0.239. The molecule has 0 aliphatic heterocycles. The van der Waals surface area contributed by atoms with Crippen molar-refractivity contribution in [2.45, 2.75) is 0 Å². The Bertz CT molecular complexity index is 106. The number of hydrogen-bond acceptors (Lipinski definition) is 3. The maximum absolute atomic E-state index is 9.63. The third-order valence-electron chi connectivity index (χ3n) is 0.239. The van der Waals surface area contributed by atoms with E-state index in [2.05, 4.69) is 10.6 Å². The second-order valence-electron chi connectivity index (χ2n) is 0.834. The van der Waals surface area contributed by atoms with Gasteiger partial charge in [-0.05, 0) is 0 Å². The molecule has 0 saturated carbocycles. The number of amides is 2. The number of carbonyl (C=O) groups is 2. The fourth-order valence-corrected chi connectivity index (χ4v) is 0.0940. The van der Waals surface area contributed by atoms with Gasteiger partial charge in [0.15, 0.2) is 0 Å². The molecule has 0 atom stereocenters. The van der Waals surface area contributed by atoms with E-state index in [-0.39, 0.29) is 31.0 Å². The zero-order valence-corrected chi connectivity index (χ0v) is 6.75. The maximum atomic E-state index is 9.63. The number of nitrogens with two attached hydrogens (primary N) is 1. The molecule has 0 aromatic rings. The molecule has 0 fully saturated rings. The quantitative estimate of drug-likeness (QED) is 0.241. The van der Waals surface area contributed by atoms with E-state index in [1.807, 2.05) is 0 Å². The molecule has 0 rings (SSSR count). The Morgan fingerprint density at radius 3 is 2.22 bits per heavy atom. The maximum Gasteiger partial charge on any atom is 1.00 e. The van der Waals surface area contributed by atoms with E-state index in [1.54, 1.807) is 0 Å². The number of urea groups is 1. The Morgan fingerprint density at radius 1 is 1.67 bits per heavy atom. The molecule has 7 heteroatoms. The van der Waals surface area contributed by atoms with Crippen LogP contribution in [0.1, 0.15) is 1.43 Å². The molecule has 0 unspecified atom stereocenters. The van der Waals surface area contributed by atoms with Crippen molar-refractivity contribution in [1.29, 1.82) is 0 Å². The van der Waals surface area contributed by atoms with Crippen molar-refractivity contribution in [2.75, 3.05) is 0 Å². The fraction of sp³-hybridized carbons (Fsp3) is 0. The van der Waals surface area contributed by atoms with Crippen molar-refractivity contribution in [3.63, 3.8) is 0 Å². The first-order valence-electron chi connectivity index (χ1n) is 1.58. The van der Waals surface area contributed by atoms with Gasteiger partial charge in [0.25, 0.3) is 0 Å². The van der Waals surface area contributed by atoms with Crippen LogP contribution < -0.4 is 40.8 Å². The van der Waals surface area contributed by atoms with Crippen LogP contribution in [0.15, 0.2) is 0 Å². The molecule has 0 spiro atoms. The molecule has 4 N–H and O–H groups in total. The Labute approximate surface area is 74.1 Å². The van der Waals surface area contributed by atoms with Gasteiger partial charge in [-0.2, -0.15) is 5.48 Å². The van der Waals surface area contributed by atoms with E-state index in [1.165, 1.54) is 5.48 Å². The summed E-state index contributed by atoms with van der Waals surface area (Å²) in [5, 5.41) is 7.67. The average molecular weight is 144 g/mol. The molecule has 6 nitrogen and oxygen atoms in total. The summed E-state index contributed by atoms with van der Waals surface area (Å²) in [6.45, 7) is 0. The number of primary amides is 1. The van der Waals surface area contributed by atoms with E-state index in [0.717, 1.165) is 0 Å². The number of carboxylic acid groups (broad SMARTS) is 1. The summed E-state index contributed by atoms with van der Waals surface area (Å²) >= 11 is 0.